The third-order valence-corrected chi connectivity index (χ3v) is 5.57. The van der Waals surface area contributed by atoms with Crippen LogP contribution in [-0.2, 0) is 4.74 Å². The molecule has 3 heteroatoms. The summed E-state index contributed by atoms with van der Waals surface area (Å²) in [7, 11) is 0. The number of hydrogen-bond acceptors (Lipinski definition) is 2. The van der Waals surface area contributed by atoms with Crippen LogP contribution in [0.25, 0.3) is 0 Å². The summed E-state index contributed by atoms with van der Waals surface area (Å²) in [5.74, 6) is 0.790. The maximum atomic E-state index is 6.42. The van der Waals surface area contributed by atoms with Crippen molar-refractivity contribution in [2.45, 2.75) is 75.5 Å². The first-order valence-electron chi connectivity index (χ1n) is 7.79. The number of piperidine rings is 1. The highest BCUT2D eigenvalue weighted by atomic mass is 35.5. The van der Waals surface area contributed by atoms with Crippen LogP contribution in [-0.4, -0.2) is 41.6 Å². The number of nitrogens with zero attached hydrogens (tertiary/aromatic N) is 1. The molecule has 0 N–H and O–H groups in total. The molecule has 0 radical (unpaired) electrons. The van der Waals surface area contributed by atoms with Crippen LogP contribution in [0.5, 0.6) is 0 Å². The van der Waals surface area contributed by atoms with E-state index in [2.05, 4.69) is 4.90 Å². The molecular weight excluding hydrogens is 246 g/mol. The molecule has 0 bridgehead atoms. The monoisotopic (exact) mass is 271 g/mol. The molecule has 2 saturated heterocycles. The first-order valence-corrected chi connectivity index (χ1v) is 8.33. The molecule has 3 rings (SSSR count). The van der Waals surface area contributed by atoms with E-state index in [-0.39, 0.29) is 5.60 Å². The Morgan fingerprint density at radius 3 is 2.67 bits per heavy atom. The van der Waals surface area contributed by atoms with E-state index in [0.29, 0.717) is 12.1 Å². The Labute approximate surface area is 116 Å². The van der Waals surface area contributed by atoms with Crippen molar-refractivity contribution in [2.75, 3.05) is 19.0 Å². The fourth-order valence-electron chi connectivity index (χ4n) is 4.15. The minimum absolute atomic E-state index is 0.289. The predicted octanol–water partition coefficient (Wildman–Crippen LogP) is 3.57. The lowest BCUT2D eigenvalue weighted by Crippen LogP contribution is -2.45. The Bertz CT molecular complexity index is 278. The Morgan fingerprint density at radius 1 is 1.06 bits per heavy atom. The van der Waals surface area contributed by atoms with Gasteiger partial charge >= 0.3 is 0 Å². The van der Waals surface area contributed by atoms with E-state index < -0.39 is 0 Å². The molecule has 1 spiro atoms. The molecule has 2 nitrogen and oxygen atoms in total. The minimum atomic E-state index is 0.289. The van der Waals surface area contributed by atoms with E-state index >= 15 is 0 Å². The minimum Gasteiger partial charge on any atom is -0.370 e. The molecule has 2 aliphatic heterocycles. The van der Waals surface area contributed by atoms with Crippen molar-refractivity contribution in [3.8, 4) is 0 Å². The van der Waals surface area contributed by atoms with Crippen molar-refractivity contribution >= 4 is 11.6 Å². The summed E-state index contributed by atoms with van der Waals surface area (Å²) in [5, 5.41) is 0. The SMILES string of the molecule is ClCC1CCCCN1CC1CCC2(CCCC2)O1. The zero-order valence-corrected chi connectivity index (χ0v) is 12.1. The lowest BCUT2D eigenvalue weighted by Gasteiger charge is -2.36. The van der Waals surface area contributed by atoms with Gasteiger partial charge in [-0.15, -0.1) is 11.6 Å². The van der Waals surface area contributed by atoms with Gasteiger partial charge in [0.05, 0.1) is 11.7 Å². The van der Waals surface area contributed by atoms with E-state index in [4.69, 9.17) is 16.3 Å². The van der Waals surface area contributed by atoms with E-state index in [1.165, 1.54) is 64.3 Å². The van der Waals surface area contributed by atoms with Crippen LogP contribution in [0.4, 0.5) is 0 Å². The first kappa shape index (κ1) is 13.2. The first-order chi connectivity index (χ1) is 8.81. The summed E-state index contributed by atoms with van der Waals surface area (Å²) in [5.41, 5.74) is 0.289. The summed E-state index contributed by atoms with van der Waals surface area (Å²) in [6, 6.07) is 0.601. The highest BCUT2D eigenvalue weighted by molar-refractivity contribution is 6.18. The smallest absolute Gasteiger partial charge is 0.0710 e. The molecule has 3 fully saturated rings. The molecule has 0 aromatic carbocycles. The van der Waals surface area contributed by atoms with Crippen molar-refractivity contribution < 1.29 is 4.74 Å². The maximum absolute atomic E-state index is 6.42. The van der Waals surface area contributed by atoms with Gasteiger partial charge in [-0.25, -0.2) is 0 Å². The van der Waals surface area contributed by atoms with Gasteiger partial charge < -0.3 is 4.74 Å². The molecular formula is C15H26ClNO. The van der Waals surface area contributed by atoms with E-state index in [9.17, 15) is 0 Å². The van der Waals surface area contributed by atoms with Gasteiger partial charge in [-0.05, 0) is 45.1 Å². The number of likely N-dealkylation sites (tertiary alicyclic amines) is 1. The summed E-state index contributed by atoms with van der Waals surface area (Å²) in [6.07, 6.45) is 12.4. The van der Waals surface area contributed by atoms with E-state index in [1.54, 1.807) is 0 Å². The van der Waals surface area contributed by atoms with Gasteiger partial charge in [0, 0.05) is 18.5 Å². The van der Waals surface area contributed by atoms with Gasteiger partial charge in [-0.3, -0.25) is 4.90 Å². The van der Waals surface area contributed by atoms with Crippen LogP contribution in [0.3, 0.4) is 0 Å². The lowest BCUT2D eigenvalue weighted by atomic mass is 9.98. The molecule has 0 aromatic rings. The topological polar surface area (TPSA) is 12.5 Å². The molecule has 3 aliphatic rings. The molecule has 2 heterocycles. The zero-order valence-electron chi connectivity index (χ0n) is 11.4. The third kappa shape index (κ3) is 2.71. The second-order valence-corrected chi connectivity index (χ2v) is 6.78. The molecule has 2 atom stereocenters. The van der Waals surface area contributed by atoms with Gasteiger partial charge in [-0.1, -0.05) is 19.3 Å². The number of hydrogen-bond donors (Lipinski definition) is 0. The standard InChI is InChI=1S/C15H26ClNO/c16-11-13-5-1-4-10-17(13)12-14-6-9-15(18-14)7-2-3-8-15/h13-14H,1-12H2. The number of ether oxygens (including phenoxy) is 1. The summed E-state index contributed by atoms with van der Waals surface area (Å²) < 4.78 is 6.42. The number of rotatable bonds is 3. The van der Waals surface area contributed by atoms with Crippen LogP contribution in [0.1, 0.15) is 57.8 Å². The van der Waals surface area contributed by atoms with Crippen molar-refractivity contribution in [1.29, 1.82) is 0 Å². The lowest BCUT2D eigenvalue weighted by molar-refractivity contribution is -0.0529. The van der Waals surface area contributed by atoms with Crippen molar-refractivity contribution in [1.82, 2.24) is 4.90 Å². The summed E-state index contributed by atoms with van der Waals surface area (Å²) in [4.78, 5) is 2.59. The maximum Gasteiger partial charge on any atom is 0.0710 e. The van der Waals surface area contributed by atoms with Crippen molar-refractivity contribution in [3.63, 3.8) is 0 Å². The molecule has 104 valence electrons. The molecule has 1 aliphatic carbocycles. The molecule has 1 saturated carbocycles. The van der Waals surface area contributed by atoms with Gasteiger partial charge in [-0.2, -0.15) is 0 Å². The van der Waals surface area contributed by atoms with Crippen molar-refractivity contribution in [3.05, 3.63) is 0 Å². The fourth-order valence-corrected chi connectivity index (χ4v) is 4.50. The Kier molecular flexibility index (Phi) is 4.17. The zero-order chi connectivity index (χ0) is 12.4. The molecule has 0 amide bonds. The average molecular weight is 272 g/mol. The largest absolute Gasteiger partial charge is 0.370 e. The third-order valence-electron chi connectivity index (χ3n) is 5.22. The number of halogens is 1. The second-order valence-electron chi connectivity index (χ2n) is 6.47. The van der Waals surface area contributed by atoms with Crippen molar-refractivity contribution in [2.24, 2.45) is 0 Å². The van der Waals surface area contributed by atoms with Crippen LogP contribution in [0.2, 0.25) is 0 Å². The molecule has 0 aromatic heterocycles. The van der Waals surface area contributed by atoms with Crippen LogP contribution >= 0.6 is 11.6 Å². The number of alkyl halides is 1. The van der Waals surface area contributed by atoms with Gasteiger partial charge in [0.2, 0.25) is 0 Å². The molecule has 2 unspecified atom stereocenters. The average Bonchev–Trinajstić information content (AvgIpc) is 3.01. The van der Waals surface area contributed by atoms with Crippen LogP contribution in [0, 0.1) is 0 Å². The van der Waals surface area contributed by atoms with Gasteiger partial charge in [0.1, 0.15) is 0 Å². The fraction of sp³-hybridized carbons (Fsp3) is 1.00. The Morgan fingerprint density at radius 2 is 1.89 bits per heavy atom. The molecule has 18 heavy (non-hydrogen) atoms. The quantitative estimate of drug-likeness (QED) is 0.728. The van der Waals surface area contributed by atoms with Crippen LogP contribution < -0.4 is 0 Å². The Balaban J connectivity index is 1.53. The van der Waals surface area contributed by atoms with Crippen LogP contribution in [0.15, 0.2) is 0 Å². The van der Waals surface area contributed by atoms with E-state index in [1.807, 2.05) is 0 Å². The normalized spacial score (nSPS) is 36.5. The summed E-state index contributed by atoms with van der Waals surface area (Å²) in [6.45, 7) is 2.35. The highest BCUT2D eigenvalue weighted by Gasteiger charge is 2.42. The van der Waals surface area contributed by atoms with Gasteiger partial charge in [0.25, 0.3) is 0 Å². The second kappa shape index (κ2) is 5.68. The highest BCUT2D eigenvalue weighted by Crippen LogP contribution is 2.43. The Hall–Kier alpha value is 0.210. The summed E-state index contributed by atoms with van der Waals surface area (Å²) >= 11 is 6.10. The van der Waals surface area contributed by atoms with E-state index in [0.717, 1.165) is 12.4 Å². The predicted molar refractivity (Wildman–Crippen MR) is 75.2 cm³/mol. The van der Waals surface area contributed by atoms with Gasteiger partial charge in [0.15, 0.2) is 0 Å².